The lowest BCUT2D eigenvalue weighted by Crippen LogP contribution is -2.27. The van der Waals surface area contributed by atoms with Crippen LogP contribution in [0.5, 0.6) is 5.75 Å². The number of fused-ring (bicyclic) bond motifs is 1. The minimum Gasteiger partial charge on any atom is -0.494 e. The van der Waals surface area contributed by atoms with Crippen molar-refractivity contribution in [2.75, 3.05) is 13.2 Å². The Morgan fingerprint density at radius 2 is 1.83 bits per heavy atom. The van der Waals surface area contributed by atoms with E-state index in [4.69, 9.17) is 9.72 Å². The summed E-state index contributed by atoms with van der Waals surface area (Å²) >= 11 is 0. The Bertz CT molecular complexity index is 1310. The van der Waals surface area contributed by atoms with E-state index in [0.29, 0.717) is 25.5 Å². The lowest BCUT2D eigenvalue weighted by Gasteiger charge is -2.13. The average molecular weight is 484 g/mol. The number of amides is 1. The zero-order valence-electron chi connectivity index (χ0n) is 21.9. The van der Waals surface area contributed by atoms with Gasteiger partial charge in [-0.1, -0.05) is 55.8 Å². The molecule has 5 nitrogen and oxygen atoms in total. The first-order chi connectivity index (χ1) is 17.5. The van der Waals surface area contributed by atoms with Crippen LogP contribution in [-0.4, -0.2) is 28.6 Å². The van der Waals surface area contributed by atoms with Gasteiger partial charge in [-0.3, -0.25) is 4.79 Å². The molecule has 4 rings (SSSR count). The second-order valence-electron chi connectivity index (χ2n) is 9.57. The number of nitrogens with zero attached hydrogens (tertiary/aromatic N) is 2. The molecular formula is C31H37N3O2. The van der Waals surface area contributed by atoms with Gasteiger partial charge in [0.15, 0.2) is 0 Å². The van der Waals surface area contributed by atoms with E-state index in [-0.39, 0.29) is 5.91 Å². The zero-order valence-corrected chi connectivity index (χ0v) is 21.9. The first-order valence-electron chi connectivity index (χ1n) is 13.0. The van der Waals surface area contributed by atoms with Gasteiger partial charge in [-0.2, -0.15) is 0 Å². The second kappa shape index (κ2) is 11.9. The molecule has 5 heteroatoms. The molecule has 1 amide bonds. The first-order valence-corrected chi connectivity index (χ1v) is 13.0. The van der Waals surface area contributed by atoms with E-state index in [1.165, 1.54) is 5.56 Å². The van der Waals surface area contributed by atoms with E-state index in [1.54, 1.807) is 0 Å². The van der Waals surface area contributed by atoms with Gasteiger partial charge in [-0.05, 0) is 74.1 Å². The van der Waals surface area contributed by atoms with E-state index in [2.05, 4.69) is 54.1 Å². The molecule has 3 aromatic carbocycles. The van der Waals surface area contributed by atoms with Gasteiger partial charge in [-0.15, -0.1) is 0 Å². The standard InChI is InChI=1S/C31H37N3O2/c1-5-23(3)25-12-14-26(15-13-25)36-20-8-19-34-29-10-7-6-9-28(29)33-30(34)17-18-32-31(35)27-16-11-22(2)21-24(27)4/h6-7,9-16,21,23H,5,8,17-20H2,1-4H3,(H,32,35). The Morgan fingerprint density at radius 1 is 1.06 bits per heavy atom. The minimum absolute atomic E-state index is 0.0390. The van der Waals surface area contributed by atoms with Crippen LogP contribution in [0.15, 0.2) is 66.7 Å². The topological polar surface area (TPSA) is 56.1 Å². The Labute approximate surface area is 214 Å². The summed E-state index contributed by atoms with van der Waals surface area (Å²) in [5, 5.41) is 3.07. The van der Waals surface area contributed by atoms with E-state index in [0.717, 1.165) is 58.7 Å². The van der Waals surface area contributed by atoms with Crippen molar-refractivity contribution >= 4 is 16.9 Å². The van der Waals surface area contributed by atoms with Gasteiger partial charge in [0.1, 0.15) is 11.6 Å². The molecule has 0 aliphatic heterocycles. The number of aryl methyl sites for hydroxylation is 3. The quantitative estimate of drug-likeness (QED) is 0.244. The molecular weight excluding hydrogens is 446 g/mol. The molecule has 1 heterocycles. The lowest BCUT2D eigenvalue weighted by molar-refractivity contribution is 0.0953. The van der Waals surface area contributed by atoms with Crippen LogP contribution in [0, 0.1) is 13.8 Å². The SMILES string of the molecule is CCC(C)c1ccc(OCCCn2c(CCNC(=O)c3ccc(C)cc3C)nc3ccccc32)cc1. The summed E-state index contributed by atoms with van der Waals surface area (Å²) in [6.45, 7) is 10.5. The molecule has 0 saturated heterocycles. The molecule has 0 aliphatic rings. The maximum atomic E-state index is 12.7. The lowest BCUT2D eigenvalue weighted by atomic mass is 9.99. The molecule has 0 fully saturated rings. The largest absolute Gasteiger partial charge is 0.494 e. The fourth-order valence-corrected chi connectivity index (χ4v) is 4.56. The molecule has 36 heavy (non-hydrogen) atoms. The van der Waals surface area contributed by atoms with Crippen molar-refractivity contribution in [2.24, 2.45) is 0 Å². The Balaban J connectivity index is 1.35. The molecule has 0 radical (unpaired) electrons. The molecule has 1 atom stereocenters. The summed E-state index contributed by atoms with van der Waals surface area (Å²) in [4.78, 5) is 17.5. The van der Waals surface area contributed by atoms with E-state index in [9.17, 15) is 4.79 Å². The number of hydrogen-bond acceptors (Lipinski definition) is 3. The number of rotatable bonds is 11. The van der Waals surface area contributed by atoms with Crippen LogP contribution in [0.2, 0.25) is 0 Å². The molecule has 1 unspecified atom stereocenters. The molecule has 0 aliphatic carbocycles. The Kier molecular flexibility index (Phi) is 8.42. The zero-order chi connectivity index (χ0) is 25.5. The number of aromatic nitrogens is 2. The monoisotopic (exact) mass is 483 g/mol. The van der Waals surface area contributed by atoms with Gasteiger partial charge in [0.05, 0.1) is 17.6 Å². The van der Waals surface area contributed by atoms with Crippen LogP contribution < -0.4 is 10.1 Å². The maximum absolute atomic E-state index is 12.7. The summed E-state index contributed by atoms with van der Waals surface area (Å²) in [5.74, 6) is 2.42. The Hall–Kier alpha value is -3.60. The van der Waals surface area contributed by atoms with Crippen LogP contribution in [0.1, 0.15) is 65.5 Å². The minimum atomic E-state index is -0.0390. The van der Waals surface area contributed by atoms with E-state index >= 15 is 0 Å². The highest BCUT2D eigenvalue weighted by Gasteiger charge is 2.13. The number of ether oxygens (including phenoxy) is 1. The molecule has 0 spiro atoms. The maximum Gasteiger partial charge on any atom is 0.251 e. The highest BCUT2D eigenvalue weighted by Crippen LogP contribution is 2.22. The summed E-state index contributed by atoms with van der Waals surface area (Å²) in [6, 6.07) is 22.6. The number of imidazole rings is 1. The number of para-hydroxylation sites is 2. The van der Waals surface area contributed by atoms with Crippen molar-refractivity contribution in [3.8, 4) is 5.75 Å². The number of carbonyl (C=O) groups is 1. The molecule has 0 saturated carbocycles. The van der Waals surface area contributed by atoms with Crippen molar-refractivity contribution in [3.05, 3.63) is 94.8 Å². The van der Waals surface area contributed by atoms with Crippen LogP contribution >= 0.6 is 0 Å². The summed E-state index contributed by atoms with van der Waals surface area (Å²) in [6.07, 6.45) is 2.68. The molecule has 4 aromatic rings. The third kappa shape index (κ3) is 6.14. The number of benzene rings is 3. The molecule has 0 bridgehead atoms. The summed E-state index contributed by atoms with van der Waals surface area (Å²) in [5.41, 5.74) is 6.33. The summed E-state index contributed by atoms with van der Waals surface area (Å²) in [7, 11) is 0. The van der Waals surface area contributed by atoms with Crippen LogP contribution in [0.25, 0.3) is 11.0 Å². The third-order valence-corrected chi connectivity index (χ3v) is 6.85. The summed E-state index contributed by atoms with van der Waals surface area (Å²) < 4.78 is 8.27. The van der Waals surface area contributed by atoms with Gasteiger partial charge in [0.25, 0.3) is 5.91 Å². The normalized spacial score (nSPS) is 12.0. The number of hydrogen-bond donors (Lipinski definition) is 1. The molecule has 1 aromatic heterocycles. The van der Waals surface area contributed by atoms with Crippen LogP contribution in [0.3, 0.4) is 0 Å². The van der Waals surface area contributed by atoms with Crippen molar-refractivity contribution in [3.63, 3.8) is 0 Å². The third-order valence-electron chi connectivity index (χ3n) is 6.85. The van der Waals surface area contributed by atoms with E-state index in [1.807, 2.05) is 50.2 Å². The smallest absolute Gasteiger partial charge is 0.251 e. The second-order valence-corrected chi connectivity index (χ2v) is 9.57. The predicted molar refractivity (Wildman–Crippen MR) is 147 cm³/mol. The van der Waals surface area contributed by atoms with Gasteiger partial charge in [0.2, 0.25) is 0 Å². The van der Waals surface area contributed by atoms with Gasteiger partial charge in [-0.25, -0.2) is 4.98 Å². The fourth-order valence-electron chi connectivity index (χ4n) is 4.56. The fraction of sp³-hybridized carbons (Fsp3) is 0.355. The van der Waals surface area contributed by atoms with Crippen molar-refractivity contribution in [1.82, 2.24) is 14.9 Å². The van der Waals surface area contributed by atoms with Crippen molar-refractivity contribution in [2.45, 2.75) is 59.4 Å². The molecule has 1 N–H and O–H groups in total. The number of carbonyl (C=O) groups excluding carboxylic acids is 1. The highest BCUT2D eigenvalue weighted by atomic mass is 16.5. The number of nitrogens with one attached hydrogen (secondary N) is 1. The van der Waals surface area contributed by atoms with E-state index < -0.39 is 0 Å². The Morgan fingerprint density at radius 3 is 2.58 bits per heavy atom. The van der Waals surface area contributed by atoms with Crippen molar-refractivity contribution < 1.29 is 9.53 Å². The first kappa shape index (κ1) is 25.5. The highest BCUT2D eigenvalue weighted by molar-refractivity contribution is 5.95. The van der Waals surface area contributed by atoms with Crippen LogP contribution in [0.4, 0.5) is 0 Å². The molecule has 188 valence electrons. The van der Waals surface area contributed by atoms with Gasteiger partial charge in [0, 0.05) is 25.1 Å². The average Bonchev–Trinajstić information content (AvgIpc) is 3.23. The van der Waals surface area contributed by atoms with Crippen LogP contribution in [-0.2, 0) is 13.0 Å². The van der Waals surface area contributed by atoms with Crippen molar-refractivity contribution in [1.29, 1.82) is 0 Å². The van der Waals surface area contributed by atoms with Gasteiger partial charge < -0.3 is 14.6 Å². The van der Waals surface area contributed by atoms with Gasteiger partial charge >= 0.3 is 0 Å². The predicted octanol–water partition coefficient (Wildman–Crippen LogP) is 6.61.